The average molecular weight is 194 g/mol. The molecule has 0 heterocycles. The lowest BCUT2D eigenvalue weighted by molar-refractivity contribution is 0.0810. The minimum Gasteiger partial charge on any atom is -0.494 e. The molecule has 0 aliphatic carbocycles. The quantitative estimate of drug-likeness (QED) is 0.797. The number of hydrogen-bond donors (Lipinski definition) is 1. The summed E-state index contributed by atoms with van der Waals surface area (Å²) in [5.74, 6) is 0.881. The van der Waals surface area contributed by atoms with Gasteiger partial charge in [0, 0.05) is 6.42 Å². The molecular formula is C12H18O2. The highest BCUT2D eigenvalue weighted by Gasteiger charge is 2.12. The number of rotatable bonds is 4. The summed E-state index contributed by atoms with van der Waals surface area (Å²) in [5.41, 5.74) is 0.480. The molecule has 0 bridgehead atoms. The van der Waals surface area contributed by atoms with Gasteiger partial charge in [-0.3, -0.25) is 0 Å². The second-order valence-electron chi connectivity index (χ2n) is 4.07. The van der Waals surface area contributed by atoms with Gasteiger partial charge in [0.2, 0.25) is 0 Å². The minimum absolute atomic E-state index is 0.646. The van der Waals surface area contributed by atoms with E-state index in [4.69, 9.17) is 4.74 Å². The lowest BCUT2D eigenvalue weighted by Crippen LogP contribution is -2.21. The van der Waals surface area contributed by atoms with Gasteiger partial charge in [-0.1, -0.05) is 12.1 Å². The molecule has 2 heteroatoms. The third kappa shape index (κ3) is 3.79. The molecule has 1 rings (SSSR count). The zero-order valence-corrected chi connectivity index (χ0v) is 9.08. The topological polar surface area (TPSA) is 29.5 Å². The Bertz CT molecular complexity index is 269. The van der Waals surface area contributed by atoms with Crippen LogP contribution in [0, 0.1) is 0 Å². The van der Waals surface area contributed by atoms with Crippen LogP contribution < -0.4 is 4.74 Å². The van der Waals surface area contributed by atoms with E-state index < -0.39 is 5.60 Å². The molecule has 14 heavy (non-hydrogen) atoms. The van der Waals surface area contributed by atoms with Crippen LogP contribution in [-0.4, -0.2) is 17.3 Å². The van der Waals surface area contributed by atoms with Crippen LogP contribution in [0.5, 0.6) is 5.75 Å². The minimum atomic E-state index is -0.646. The molecule has 1 N–H and O–H groups in total. The monoisotopic (exact) mass is 194 g/mol. The van der Waals surface area contributed by atoms with Crippen LogP contribution in [0.15, 0.2) is 24.3 Å². The van der Waals surface area contributed by atoms with Crippen LogP contribution >= 0.6 is 0 Å². The molecule has 0 aliphatic heterocycles. The van der Waals surface area contributed by atoms with Crippen LogP contribution in [0.25, 0.3) is 0 Å². The Balaban J connectivity index is 2.64. The Morgan fingerprint density at radius 2 is 1.79 bits per heavy atom. The summed E-state index contributed by atoms with van der Waals surface area (Å²) >= 11 is 0. The lowest BCUT2D eigenvalue weighted by atomic mass is 9.99. The van der Waals surface area contributed by atoms with Crippen LogP contribution in [0.3, 0.4) is 0 Å². The van der Waals surface area contributed by atoms with Crippen LogP contribution in [0.4, 0.5) is 0 Å². The molecular weight excluding hydrogens is 176 g/mol. The summed E-state index contributed by atoms with van der Waals surface area (Å²) in [7, 11) is 0. The van der Waals surface area contributed by atoms with Crippen LogP contribution in [0.1, 0.15) is 26.3 Å². The first-order valence-corrected chi connectivity index (χ1v) is 4.95. The Hall–Kier alpha value is -1.02. The Kier molecular flexibility index (Phi) is 3.53. The molecule has 0 radical (unpaired) electrons. The molecule has 0 saturated carbocycles. The van der Waals surface area contributed by atoms with Crippen LogP contribution in [0.2, 0.25) is 0 Å². The van der Waals surface area contributed by atoms with E-state index in [1.165, 1.54) is 0 Å². The highest BCUT2D eigenvalue weighted by molar-refractivity contribution is 5.27. The van der Waals surface area contributed by atoms with Gasteiger partial charge in [0.15, 0.2) is 0 Å². The predicted octanol–water partition coefficient (Wildman–Crippen LogP) is 2.40. The van der Waals surface area contributed by atoms with Crippen LogP contribution in [-0.2, 0) is 6.42 Å². The highest BCUT2D eigenvalue weighted by atomic mass is 16.5. The maximum Gasteiger partial charge on any atom is 0.119 e. The van der Waals surface area contributed by atoms with E-state index in [1.807, 2.05) is 45.0 Å². The van der Waals surface area contributed by atoms with E-state index in [0.717, 1.165) is 11.3 Å². The lowest BCUT2D eigenvalue weighted by Gasteiger charge is -2.16. The van der Waals surface area contributed by atoms with Crippen molar-refractivity contribution in [1.29, 1.82) is 0 Å². The molecule has 1 aromatic rings. The van der Waals surface area contributed by atoms with Crippen molar-refractivity contribution in [2.45, 2.75) is 32.8 Å². The van der Waals surface area contributed by atoms with E-state index in [2.05, 4.69) is 0 Å². The molecule has 0 spiro atoms. The van der Waals surface area contributed by atoms with Gasteiger partial charge in [-0.25, -0.2) is 0 Å². The molecule has 0 unspecified atom stereocenters. The molecule has 78 valence electrons. The van der Waals surface area contributed by atoms with E-state index in [1.54, 1.807) is 0 Å². The largest absolute Gasteiger partial charge is 0.494 e. The average Bonchev–Trinajstić information content (AvgIpc) is 2.06. The summed E-state index contributed by atoms with van der Waals surface area (Å²) in [6.45, 7) is 6.27. The van der Waals surface area contributed by atoms with Crippen molar-refractivity contribution in [3.8, 4) is 5.75 Å². The zero-order chi connectivity index (χ0) is 10.6. The third-order valence-corrected chi connectivity index (χ3v) is 1.87. The standard InChI is InChI=1S/C12H18O2/c1-4-14-11-7-5-10(6-8-11)9-12(2,3)13/h5-8,13H,4,9H2,1-3H3. The molecule has 1 aromatic carbocycles. The second-order valence-corrected chi connectivity index (χ2v) is 4.07. The van der Waals surface area contributed by atoms with E-state index in [0.29, 0.717) is 13.0 Å². The smallest absolute Gasteiger partial charge is 0.119 e. The van der Waals surface area contributed by atoms with Crippen molar-refractivity contribution >= 4 is 0 Å². The van der Waals surface area contributed by atoms with Gasteiger partial charge >= 0.3 is 0 Å². The predicted molar refractivity (Wildman–Crippen MR) is 57.6 cm³/mol. The summed E-state index contributed by atoms with van der Waals surface area (Å²) < 4.78 is 5.33. The number of hydrogen-bond acceptors (Lipinski definition) is 2. The van der Waals surface area contributed by atoms with Crippen molar-refractivity contribution in [3.63, 3.8) is 0 Å². The Labute approximate surface area is 85.5 Å². The summed E-state index contributed by atoms with van der Waals surface area (Å²) in [5, 5.41) is 9.61. The Morgan fingerprint density at radius 1 is 1.21 bits per heavy atom. The van der Waals surface area contributed by atoms with Crippen molar-refractivity contribution in [3.05, 3.63) is 29.8 Å². The van der Waals surface area contributed by atoms with Gasteiger partial charge in [-0.05, 0) is 38.5 Å². The van der Waals surface area contributed by atoms with Gasteiger partial charge in [0.1, 0.15) is 5.75 Å². The van der Waals surface area contributed by atoms with E-state index >= 15 is 0 Å². The van der Waals surface area contributed by atoms with Gasteiger partial charge in [-0.15, -0.1) is 0 Å². The fourth-order valence-electron chi connectivity index (χ4n) is 1.37. The van der Waals surface area contributed by atoms with E-state index in [9.17, 15) is 5.11 Å². The SMILES string of the molecule is CCOc1ccc(CC(C)(C)O)cc1. The molecule has 2 nitrogen and oxygen atoms in total. The molecule has 0 aromatic heterocycles. The van der Waals surface area contributed by atoms with Gasteiger partial charge in [0.25, 0.3) is 0 Å². The van der Waals surface area contributed by atoms with Gasteiger partial charge in [-0.2, -0.15) is 0 Å². The molecule has 0 saturated heterocycles. The summed E-state index contributed by atoms with van der Waals surface area (Å²) in [6, 6.07) is 7.85. The normalized spacial score (nSPS) is 11.4. The number of ether oxygens (including phenoxy) is 1. The molecule has 0 amide bonds. The first-order chi connectivity index (χ1) is 6.51. The maximum atomic E-state index is 9.61. The van der Waals surface area contributed by atoms with E-state index in [-0.39, 0.29) is 0 Å². The van der Waals surface area contributed by atoms with Gasteiger partial charge in [0.05, 0.1) is 12.2 Å². The number of aliphatic hydroxyl groups is 1. The fraction of sp³-hybridized carbons (Fsp3) is 0.500. The third-order valence-electron chi connectivity index (χ3n) is 1.87. The molecule has 0 aliphatic rings. The Morgan fingerprint density at radius 3 is 2.21 bits per heavy atom. The molecule has 0 atom stereocenters. The zero-order valence-electron chi connectivity index (χ0n) is 9.08. The number of benzene rings is 1. The maximum absolute atomic E-state index is 9.61. The van der Waals surface area contributed by atoms with Gasteiger partial charge < -0.3 is 9.84 Å². The van der Waals surface area contributed by atoms with Crippen molar-refractivity contribution in [2.75, 3.05) is 6.61 Å². The summed E-state index contributed by atoms with van der Waals surface area (Å²) in [4.78, 5) is 0. The van der Waals surface area contributed by atoms with Crippen molar-refractivity contribution in [1.82, 2.24) is 0 Å². The van der Waals surface area contributed by atoms with Crippen molar-refractivity contribution in [2.24, 2.45) is 0 Å². The summed E-state index contributed by atoms with van der Waals surface area (Å²) in [6.07, 6.45) is 0.666. The van der Waals surface area contributed by atoms with Crippen molar-refractivity contribution < 1.29 is 9.84 Å². The highest BCUT2D eigenvalue weighted by Crippen LogP contribution is 2.16. The fourth-order valence-corrected chi connectivity index (χ4v) is 1.37. The second kappa shape index (κ2) is 4.47. The molecule has 0 fully saturated rings. The first kappa shape index (κ1) is 11.1. The first-order valence-electron chi connectivity index (χ1n) is 4.95.